The van der Waals surface area contributed by atoms with Gasteiger partial charge in [-0.25, -0.2) is 0 Å². The maximum Gasteiger partial charge on any atom is -0.00260 e. The van der Waals surface area contributed by atoms with E-state index in [0.717, 1.165) is 0 Å². The Kier molecular flexibility index (Phi) is 29.3. The number of benzene rings is 5. The van der Waals surface area contributed by atoms with Crippen LogP contribution in [0.1, 0.15) is 200 Å². The maximum atomic E-state index is 2.48. The molecular formula is C46H82. The SMILES string of the molecule is C.C.C.C.CC.CC.CC.CC.CC.CC(C)c1cc2cc(C(C)C)cc3c4cc(C(C)C)cc5cc(C(C)C)cc(c(c1)c23)c54. The van der Waals surface area contributed by atoms with Crippen molar-refractivity contribution in [2.75, 3.05) is 0 Å². The standard InChI is InChI=1S/C32H36.5C2H6.4CH4/c1-17(2)21-9-25-10-22(18(3)4)15-29-30-16-24(20(7)8)12-26-11-23(19(5)6)14-28(32(26)30)27(13-21)31(25)29;5*1-2;;;;/h9-20H,1-8H3;5*1-2H3;4*1H4. The predicted molar refractivity (Wildman–Crippen MR) is 228 cm³/mol. The van der Waals surface area contributed by atoms with Crippen LogP contribution in [0.15, 0.2) is 48.5 Å². The van der Waals surface area contributed by atoms with E-state index in [-0.39, 0.29) is 29.7 Å². The van der Waals surface area contributed by atoms with Crippen molar-refractivity contribution in [1.29, 1.82) is 0 Å². The Morgan fingerprint density at radius 3 is 0.565 bits per heavy atom. The molecule has 0 amide bonds. The van der Waals surface area contributed by atoms with E-state index in [1.54, 1.807) is 0 Å². The van der Waals surface area contributed by atoms with E-state index in [4.69, 9.17) is 0 Å². The van der Waals surface area contributed by atoms with Crippen LogP contribution in [0.5, 0.6) is 0 Å². The zero-order valence-electron chi connectivity index (χ0n) is 30.9. The molecule has 0 atom stereocenters. The van der Waals surface area contributed by atoms with Gasteiger partial charge >= 0.3 is 0 Å². The quantitative estimate of drug-likeness (QED) is 0.136. The molecule has 0 saturated carbocycles. The summed E-state index contributed by atoms with van der Waals surface area (Å²) in [5, 5.41) is 11.4. The predicted octanol–water partition coefficient (Wildman–Crippen LogP) is 17.9. The van der Waals surface area contributed by atoms with Gasteiger partial charge in [0.15, 0.2) is 0 Å². The van der Waals surface area contributed by atoms with Crippen LogP contribution in [0.4, 0.5) is 0 Å². The average Bonchev–Trinajstić information content (AvgIpc) is 3.03. The first-order valence-corrected chi connectivity index (χ1v) is 17.4. The van der Waals surface area contributed by atoms with Gasteiger partial charge in [0.05, 0.1) is 0 Å². The lowest BCUT2D eigenvalue weighted by Crippen LogP contribution is -1.97. The Hall–Kier alpha value is -2.60. The van der Waals surface area contributed by atoms with Crippen LogP contribution in [-0.2, 0) is 0 Å². The average molecular weight is 635 g/mol. The molecule has 0 aromatic heterocycles. The highest BCUT2D eigenvalue weighted by molar-refractivity contribution is 6.33. The molecule has 0 nitrogen and oxygen atoms in total. The Morgan fingerprint density at radius 1 is 0.283 bits per heavy atom. The van der Waals surface area contributed by atoms with Gasteiger partial charge in [0.25, 0.3) is 0 Å². The first-order valence-electron chi connectivity index (χ1n) is 17.4. The Balaban J connectivity index is -0.000000367. The van der Waals surface area contributed by atoms with Gasteiger partial charge in [-0.1, -0.05) is 203 Å². The molecule has 0 fully saturated rings. The van der Waals surface area contributed by atoms with Crippen molar-refractivity contribution in [2.24, 2.45) is 0 Å². The molecule has 0 aliphatic carbocycles. The fourth-order valence-electron chi connectivity index (χ4n) is 5.31. The summed E-state index contributed by atoms with van der Waals surface area (Å²) in [5.41, 5.74) is 5.74. The molecule has 0 spiro atoms. The van der Waals surface area contributed by atoms with Gasteiger partial charge in [-0.3, -0.25) is 0 Å². The van der Waals surface area contributed by atoms with Gasteiger partial charge in [-0.2, -0.15) is 0 Å². The largest absolute Gasteiger partial charge is 0.0776 e. The van der Waals surface area contributed by atoms with Crippen LogP contribution in [0.25, 0.3) is 43.1 Å². The van der Waals surface area contributed by atoms with Crippen molar-refractivity contribution in [1.82, 2.24) is 0 Å². The molecule has 5 aromatic carbocycles. The Morgan fingerprint density at radius 2 is 0.435 bits per heavy atom. The van der Waals surface area contributed by atoms with Crippen molar-refractivity contribution < 1.29 is 0 Å². The smallest absolute Gasteiger partial charge is 0.00260 e. The second-order valence-electron chi connectivity index (χ2n) is 11.1. The lowest BCUT2D eigenvalue weighted by atomic mass is 9.82. The third-order valence-electron chi connectivity index (χ3n) is 7.43. The van der Waals surface area contributed by atoms with Gasteiger partial charge in [-0.05, 0) is 89.0 Å². The van der Waals surface area contributed by atoms with E-state index in [0.29, 0.717) is 23.7 Å². The molecule has 0 bridgehead atoms. The molecular weight excluding hydrogens is 553 g/mol. The third-order valence-corrected chi connectivity index (χ3v) is 7.43. The van der Waals surface area contributed by atoms with E-state index in [9.17, 15) is 0 Å². The summed E-state index contributed by atoms with van der Waals surface area (Å²) >= 11 is 0. The van der Waals surface area contributed by atoms with E-state index < -0.39 is 0 Å². The number of fused-ring (bicyclic) bond motifs is 2. The first-order chi connectivity index (χ1) is 20.2. The number of hydrogen-bond donors (Lipinski definition) is 0. The van der Waals surface area contributed by atoms with Crippen molar-refractivity contribution in [2.45, 2.75) is 178 Å². The lowest BCUT2D eigenvalue weighted by molar-refractivity contribution is 0.865. The van der Waals surface area contributed by atoms with Gasteiger partial charge in [-0.15, -0.1) is 0 Å². The van der Waals surface area contributed by atoms with E-state index in [2.05, 4.69) is 104 Å². The molecule has 0 N–H and O–H groups in total. The highest BCUT2D eigenvalue weighted by atomic mass is 14.2. The molecule has 5 rings (SSSR count). The second-order valence-corrected chi connectivity index (χ2v) is 11.1. The summed E-state index contributed by atoms with van der Waals surface area (Å²) in [4.78, 5) is 0. The van der Waals surface area contributed by atoms with Crippen LogP contribution >= 0.6 is 0 Å². The van der Waals surface area contributed by atoms with Crippen LogP contribution in [0, 0.1) is 0 Å². The van der Waals surface area contributed by atoms with Crippen molar-refractivity contribution in [3.63, 3.8) is 0 Å². The first kappa shape index (κ1) is 52.9. The second kappa shape index (κ2) is 25.5. The highest BCUT2D eigenvalue weighted by Crippen LogP contribution is 2.44. The van der Waals surface area contributed by atoms with Crippen LogP contribution in [0.2, 0.25) is 0 Å². The molecule has 0 heteroatoms. The molecule has 0 aliphatic rings. The van der Waals surface area contributed by atoms with E-state index in [1.807, 2.05) is 69.2 Å². The summed E-state index contributed by atoms with van der Waals surface area (Å²) in [5.74, 6) is 2.04. The Bertz CT molecular complexity index is 1240. The van der Waals surface area contributed by atoms with Gasteiger partial charge in [0.1, 0.15) is 0 Å². The molecule has 0 aliphatic heterocycles. The summed E-state index contributed by atoms with van der Waals surface area (Å²) in [6, 6.07) is 19.7. The van der Waals surface area contributed by atoms with Crippen LogP contribution in [0.3, 0.4) is 0 Å². The molecule has 266 valence electrons. The number of hydrogen-bond acceptors (Lipinski definition) is 0. The summed E-state index contributed by atoms with van der Waals surface area (Å²) in [7, 11) is 0. The van der Waals surface area contributed by atoms with Crippen molar-refractivity contribution in [3.05, 3.63) is 70.8 Å². The minimum atomic E-state index is 0. The van der Waals surface area contributed by atoms with E-state index >= 15 is 0 Å². The maximum absolute atomic E-state index is 2.48. The summed E-state index contributed by atoms with van der Waals surface area (Å²) in [6.45, 7) is 38.5. The Labute approximate surface area is 291 Å². The van der Waals surface area contributed by atoms with Crippen LogP contribution in [-0.4, -0.2) is 0 Å². The molecule has 0 heterocycles. The molecule has 5 aromatic rings. The highest BCUT2D eigenvalue weighted by Gasteiger charge is 2.19. The monoisotopic (exact) mass is 635 g/mol. The van der Waals surface area contributed by atoms with Crippen molar-refractivity contribution in [3.8, 4) is 0 Å². The summed E-state index contributed by atoms with van der Waals surface area (Å²) < 4.78 is 0. The minimum absolute atomic E-state index is 0. The summed E-state index contributed by atoms with van der Waals surface area (Å²) in [6.07, 6.45) is 0. The third kappa shape index (κ3) is 11.3. The van der Waals surface area contributed by atoms with E-state index in [1.165, 1.54) is 65.3 Å². The van der Waals surface area contributed by atoms with Crippen molar-refractivity contribution >= 4 is 43.1 Å². The van der Waals surface area contributed by atoms with Gasteiger partial charge < -0.3 is 0 Å². The molecule has 0 saturated heterocycles. The topological polar surface area (TPSA) is 0 Å². The fraction of sp³-hybridized carbons (Fsp3) is 0.565. The van der Waals surface area contributed by atoms with Crippen LogP contribution < -0.4 is 0 Å². The zero-order valence-corrected chi connectivity index (χ0v) is 30.9. The lowest BCUT2D eigenvalue weighted by Gasteiger charge is -2.21. The fourth-order valence-corrected chi connectivity index (χ4v) is 5.31. The van der Waals surface area contributed by atoms with Gasteiger partial charge in [0, 0.05) is 0 Å². The minimum Gasteiger partial charge on any atom is -0.0776 e. The molecule has 0 unspecified atom stereocenters. The zero-order chi connectivity index (χ0) is 32.9. The normalized spacial score (nSPS) is 9.61. The van der Waals surface area contributed by atoms with Gasteiger partial charge in [0.2, 0.25) is 0 Å². The molecule has 0 radical (unpaired) electrons. The number of rotatable bonds is 4. The molecule has 46 heavy (non-hydrogen) atoms.